The summed E-state index contributed by atoms with van der Waals surface area (Å²) < 4.78 is 5.74. The molecule has 0 saturated carbocycles. The lowest BCUT2D eigenvalue weighted by Crippen LogP contribution is -2.24. The van der Waals surface area contributed by atoms with Crippen LogP contribution in [0.4, 0.5) is 5.69 Å². The Morgan fingerprint density at radius 3 is 2.30 bits per heavy atom. The number of amides is 1. The van der Waals surface area contributed by atoms with Gasteiger partial charge in [0, 0.05) is 29.8 Å². The van der Waals surface area contributed by atoms with Crippen molar-refractivity contribution in [1.82, 2.24) is 5.32 Å². The average molecular weight is 362 g/mol. The third-order valence-corrected chi connectivity index (χ3v) is 4.00. The van der Waals surface area contributed by atoms with Crippen molar-refractivity contribution >= 4 is 11.6 Å². The van der Waals surface area contributed by atoms with Gasteiger partial charge in [-0.15, -0.1) is 0 Å². The number of nitrogens with zero attached hydrogens (tertiary/aromatic N) is 1. The smallest absolute Gasteiger partial charge is 0.269 e. The van der Waals surface area contributed by atoms with Crippen molar-refractivity contribution in [3.05, 3.63) is 106 Å². The molecule has 1 N–H and O–H groups in total. The van der Waals surface area contributed by atoms with E-state index in [9.17, 15) is 14.9 Å². The van der Waals surface area contributed by atoms with Gasteiger partial charge in [0.1, 0.15) is 12.4 Å². The van der Waals surface area contributed by atoms with Crippen LogP contribution in [0.25, 0.3) is 0 Å². The molecular formula is C21H18N2O4. The Labute approximate surface area is 156 Å². The Morgan fingerprint density at radius 1 is 0.926 bits per heavy atom. The van der Waals surface area contributed by atoms with Gasteiger partial charge in [0.15, 0.2) is 0 Å². The highest BCUT2D eigenvalue weighted by Crippen LogP contribution is 2.15. The maximum Gasteiger partial charge on any atom is 0.269 e. The molecule has 0 bridgehead atoms. The second kappa shape index (κ2) is 8.62. The summed E-state index contributed by atoms with van der Waals surface area (Å²) >= 11 is 0. The summed E-state index contributed by atoms with van der Waals surface area (Å²) in [5.74, 6) is 0.513. The molecule has 1 amide bonds. The van der Waals surface area contributed by atoms with Crippen LogP contribution in [0.1, 0.15) is 21.5 Å². The fourth-order valence-corrected chi connectivity index (χ4v) is 2.56. The number of nitro benzene ring substituents is 1. The Bertz CT molecular complexity index is 924. The minimum absolute atomic E-state index is 0.0217. The van der Waals surface area contributed by atoms with Crippen molar-refractivity contribution in [2.45, 2.75) is 13.2 Å². The van der Waals surface area contributed by atoms with Crippen molar-refractivity contribution in [2.24, 2.45) is 0 Å². The molecule has 0 aliphatic heterocycles. The molecule has 0 aliphatic rings. The van der Waals surface area contributed by atoms with Crippen LogP contribution in [-0.2, 0) is 13.2 Å². The van der Waals surface area contributed by atoms with Crippen LogP contribution in [0.5, 0.6) is 5.75 Å². The molecule has 0 radical (unpaired) electrons. The zero-order valence-electron chi connectivity index (χ0n) is 14.5. The summed E-state index contributed by atoms with van der Waals surface area (Å²) in [6.45, 7) is 0.565. The third kappa shape index (κ3) is 4.92. The molecule has 3 rings (SSSR count). The Kier molecular flexibility index (Phi) is 5.79. The highest BCUT2D eigenvalue weighted by atomic mass is 16.6. The number of nitro groups is 1. The molecule has 6 nitrogen and oxygen atoms in total. The van der Waals surface area contributed by atoms with Crippen LogP contribution in [0.3, 0.4) is 0 Å². The fraction of sp³-hybridized carbons (Fsp3) is 0.0952. The molecule has 0 atom stereocenters. The van der Waals surface area contributed by atoms with Crippen LogP contribution in [-0.4, -0.2) is 10.8 Å². The first-order valence-electron chi connectivity index (χ1n) is 8.41. The number of benzene rings is 3. The van der Waals surface area contributed by atoms with E-state index in [2.05, 4.69) is 5.32 Å². The fourth-order valence-electron chi connectivity index (χ4n) is 2.56. The molecule has 0 aromatic heterocycles. The highest BCUT2D eigenvalue weighted by Gasteiger charge is 2.12. The van der Waals surface area contributed by atoms with Crippen molar-refractivity contribution in [3.8, 4) is 5.75 Å². The quantitative estimate of drug-likeness (QED) is 0.507. The predicted octanol–water partition coefficient (Wildman–Crippen LogP) is 4.10. The van der Waals surface area contributed by atoms with Gasteiger partial charge in [-0.1, -0.05) is 48.5 Å². The summed E-state index contributed by atoms with van der Waals surface area (Å²) in [5, 5.41) is 13.5. The predicted molar refractivity (Wildman–Crippen MR) is 101 cm³/mol. The maximum atomic E-state index is 12.6. The van der Waals surface area contributed by atoms with Crippen LogP contribution in [0, 0.1) is 10.1 Å². The average Bonchev–Trinajstić information content (AvgIpc) is 2.71. The summed E-state index contributed by atoms with van der Waals surface area (Å²) in [4.78, 5) is 22.8. The number of carbonyl (C=O) groups is 1. The summed E-state index contributed by atoms with van der Waals surface area (Å²) in [6, 6.07) is 22.7. The first-order valence-corrected chi connectivity index (χ1v) is 8.41. The molecule has 0 saturated heterocycles. The summed E-state index contributed by atoms with van der Waals surface area (Å²) in [6.07, 6.45) is 0. The van der Waals surface area contributed by atoms with Gasteiger partial charge in [-0.2, -0.15) is 0 Å². The molecule has 0 unspecified atom stereocenters. The first kappa shape index (κ1) is 18.1. The lowest BCUT2D eigenvalue weighted by molar-refractivity contribution is -0.384. The number of nitrogens with one attached hydrogen (secondary N) is 1. The number of hydrogen-bond donors (Lipinski definition) is 1. The van der Waals surface area contributed by atoms with Crippen LogP contribution in [0.2, 0.25) is 0 Å². The largest absolute Gasteiger partial charge is 0.489 e. The van der Waals surface area contributed by atoms with E-state index in [4.69, 9.17) is 4.74 Å². The van der Waals surface area contributed by atoms with Gasteiger partial charge in [0.2, 0.25) is 0 Å². The van der Waals surface area contributed by atoms with Crippen molar-refractivity contribution in [1.29, 1.82) is 0 Å². The Balaban J connectivity index is 1.63. The SMILES string of the molecule is O=C(NCc1ccc([N+](=O)[O-])cc1)c1ccccc1COc1ccccc1. The minimum atomic E-state index is -0.453. The molecule has 0 spiro atoms. The number of rotatable bonds is 7. The number of hydrogen-bond acceptors (Lipinski definition) is 4. The molecular weight excluding hydrogens is 344 g/mol. The lowest BCUT2D eigenvalue weighted by Gasteiger charge is -2.11. The Hall–Kier alpha value is -3.67. The van der Waals surface area contributed by atoms with E-state index in [0.29, 0.717) is 5.56 Å². The number of carbonyl (C=O) groups excluding carboxylic acids is 1. The van der Waals surface area contributed by atoms with E-state index in [0.717, 1.165) is 16.9 Å². The standard InChI is InChI=1S/C21H18N2O4/c24-21(22-14-16-10-12-18(13-11-16)23(25)26)20-9-5-4-6-17(20)15-27-19-7-2-1-3-8-19/h1-13H,14-15H2,(H,22,24). The first-order chi connectivity index (χ1) is 13.1. The number of ether oxygens (including phenoxy) is 1. The van der Waals surface area contributed by atoms with E-state index in [1.165, 1.54) is 12.1 Å². The van der Waals surface area contributed by atoms with Crippen molar-refractivity contribution in [2.75, 3.05) is 0 Å². The summed E-state index contributed by atoms with van der Waals surface area (Å²) in [5.41, 5.74) is 2.12. The van der Waals surface area contributed by atoms with Crippen LogP contribution < -0.4 is 10.1 Å². The lowest BCUT2D eigenvalue weighted by atomic mass is 10.1. The van der Waals surface area contributed by atoms with E-state index in [1.54, 1.807) is 24.3 Å². The minimum Gasteiger partial charge on any atom is -0.489 e. The van der Waals surface area contributed by atoms with E-state index in [1.807, 2.05) is 42.5 Å². The third-order valence-electron chi connectivity index (χ3n) is 4.00. The van der Waals surface area contributed by atoms with Gasteiger partial charge >= 0.3 is 0 Å². The molecule has 6 heteroatoms. The van der Waals surface area contributed by atoms with Crippen LogP contribution in [0.15, 0.2) is 78.9 Å². The van der Waals surface area contributed by atoms with Gasteiger partial charge < -0.3 is 10.1 Å². The molecule has 3 aromatic carbocycles. The van der Waals surface area contributed by atoms with Gasteiger partial charge in [-0.05, 0) is 23.8 Å². The van der Waals surface area contributed by atoms with Gasteiger partial charge in [-0.3, -0.25) is 14.9 Å². The van der Waals surface area contributed by atoms with E-state index < -0.39 is 4.92 Å². The normalized spacial score (nSPS) is 10.2. The van der Waals surface area contributed by atoms with E-state index >= 15 is 0 Å². The van der Waals surface area contributed by atoms with Gasteiger partial charge in [-0.25, -0.2) is 0 Å². The number of para-hydroxylation sites is 1. The summed E-state index contributed by atoms with van der Waals surface area (Å²) in [7, 11) is 0. The molecule has 3 aromatic rings. The highest BCUT2D eigenvalue weighted by molar-refractivity contribution is 5.95. The molecule has 27 heavy (non-hydrogen) atoms. The molecule has 136 valence electrons. The topological polar surface area (TPSA) is 81.5 Å². The van der Waals surface area contributed by atoms with Crippen LogP contribution >= 0.6 is 0 Å². The van der Waals surface area contributed by atoms with Crippen molar-refractivity contribution < 1.29 is 14.5 Å². The Morgan fingerprint density at radius 2 is 1.59 bits per heavy atom. The zero-order chi connectivity index (χ0) is 19.1. The second-order valence-corrected chi connectivity index (χ2v) is 5.87. The van der Waals surface area contributed by atoms with Gasteiger partial charge in [0.05, 0.1) is 4.92 Å². The maximum absolute atomic E-state index is 12.6. The number of non-ortho nitro benzene ring substituents is 1. The molecule has 0 fully saturated rings. The van der Waals surface area contributed by atoms with E-state index in [-0.39, 0.29) is 24.7 Å². The van der Waals surface area contributed by atoms with Gasteiger partial charge in [0.25, 0.3) is 11.6 Å². The zero-order valence-corrected chi connectivity index (χ0v) is 14.5. The molecule has 0 aliphatic carbocycles. The van der Waals surface area contributed by atoms with Crippen molar-refractivity contribution in [3.63, 3.8) is 0 Å². The molecule has 0 heterocycles. The second-order valence-electron chi connectivity index (χ2n) is 5.87. The monoisotopic (exact) mass is 362 g/mol.